The lowest BCUT2D eigenvalue weighted by Crippen LogP contribution is -2.22. The molecule has 0 bridgehead atoms. The molecule has 98 valence electrons. The van der Waals surface area contributed by atoms with Gasteiger partial charge in [0.05, 0.1) is 11.7 Å². The lowest BCUT2D eigenvalue weighted by Gasteiger charge is -2.12. The van der Waals surface area contributed by atoms with Gasteiger partial charge in [0.1, 0.15) is 0 Å². The molecule has 1 atom stereocenters. The minimum absolute atomic E-state index is 0.463. The van der Waals surface area contributed by atoms with Gasteiger partial charge in [0, 0.05) is 19.4 Å². The predicted molar refractivity (Wildman–Crippen MR) is 71.5 cm³/mol. The topological polar surface area (TPSA) is 34.2 Å². The Morgan fingerprint density at radius 1 is 1.33 bits per heavy atom. The summed E-state index contributed by atoms with van der Waals surface area (Å²) in [6.07, 6.45) is 8.11. The molecule has 2 aliphatic rings. The largest absolute Gasteiger partial charge is 0.381 e. The molecule has 1 aromatic heterocycles. The SMILES string of the molecule is c1cnc2c(c1)CCC2NCCCOCC1CC1. The van der Waals surface area contributed by atoms with Crippen molar-refractivity contribution in [3.05, 3.63) is 29.6 Å². The quantitative estimate of drug-likeness (QED) is 0.750. The first-order chi connectivity index (χ1) is 8.93. The number of pyridine rings is 1. The molecule has 3 rings (SSSR count). The van der Waals surface area contributed by atoms with Gasteiger partial charge in [-0.2, -0.15) is 0 Å². The number of fused-ring (bicyclic) bond motifs is 1. The minimum atomic E-state index is 0.463. The van der Waals surface area contributed by atoms with Crippen LogP contribution in [-0.2, 0) is 11.2 Å². The van der Waals surface area contributed by atoms with Gasteiger partial charge in [0.2, 0.25) is 0 Å². The summed E-state index contributed by atoms with van der Waals surface area (Å²) in [7, 11) is 0. The zero-order chi connectivity index (χ0) is 12.2. The first-order valence-electron chi connectivity index (χ1n) is 7.18. The van der Waals surface area contributed by atoms with E-state index in [1.54, 1.807) is 0 Å². The van der Waals surface area contributed by atoms with Crippen LogP contribution >= 0.6 is 0 Å². The van der Waals surface area contributed by atoms with Crippen molar-refractivity contribution in [1.29, 1.82) is 0 Å². The van der Waals surface area contributed by atoms with E-state index in [0.717, 1.165) is 32.1 Å². The third-order valence-corrected chi connectivity index (χ3v) is 3.87. The van der Waals surface area contributed by atoms with Crippen LogP contribution in [0, 0.1) is 5.92 Å². The molecule has 1 unspecified atom stereocenters. The molecule has 0 aromatic carbocycles. The smallest absolute Gasteiger partial charge is 0.0605 e. The summed E-state index contributed by atoms with van der Waals surface area (Å²) in [5.41, 5.74) is 2.68. The van der Waals surface area contributed by atoms with Crippen LogP contribution in [0.3, 0.4) is 0 Å². The van der Waals surface area contributed by atoms with Gasteiger partial charge in [-0.1, -0.05) is 6.07 Å². The zero-order valence-electron chi connectivity index (χ0n) is 10.9. The van der Waals surface area contributed by atoms with E-state index in [1.165, 1.54) is 36.9 Å². The Kier molecular flexibility index (Phi) is 3.91. The highest BCUT2D eigenvalue weighted by atomic mass is 16.5. The van der Waals surface area contributed by atoms with Crippen molar-refractivity contribution in [2.24, 2.45) is 5.92 Å². The Labute approximate surface area is 109 Å². The molecule has 2 aliphatic carbocycles. The number of nitrogens with zero attached hydrogens (tertiary/aromatic N) is 1. The monoisotopic (exact) mass is 246 g/mol. The number of hydrogen-bond acceptors (Lipinski definition) is 3. The molecule has 0 radical (unpaired) electrons. The van der Waals surface area contributed by atoms with E-state index in [0.29, 0.717) is 6.04 Å². The summed E-state index contributed by atoms with van der Waals surface area (Å²) in [6.45, 7) is 2.91. The van der Waals surface area contributed by atoms with Crippen molar-refractivity contribution in [2.45, 2.75) is 38.1 Å². The van der Waals surface area contributed by atoms with Crippen LogP contribution in [0.2, 0.25) is 0 Å². The van der Waals surface area contributed by atoms with E-state index in [2.05, 4.69) is 16.4 Å². The van der Waals surface area contributed by atoms with Gasteiger partial charge in [-0.15, -0.1) is 0 Å². The van der Waals surface area contributed by atoms with Crippen LogP contribution in [0.25, 0.3) is 0 Å². The van der Waals surface area contributed by atoms with E-state index in [9.17, 15) is 0 Å². The van der Waals surface area contributed by atoms with Crippen LogP contribution in [0.1, 0.15) is 43.0 Å². The molecule has 18 heavy (non-hydrogen) atoms. The molecule has 0 spiro atoms. The van der Waals surface area contributed by atoms with Gasteiger partial charge >= 0.3 is 0 Å². The van der Waals surface area contributed by atoms with E-state index < -0.39 is 0 Å². The second kappa shape index (κ2) is 5.81. The van der Waals surface area contributed by atoms with Crippen molar-refractivity contribution >= 4 is 0 Å². The molecule has 1 fully saturated rings. The average Bonchev–Trinajstić information content (AvgIpc) is 3.14. The maximum atomic E-state index is 5.64. The number of rotatable bonds is 7. The molecule has 0 aliphatic heterocycles. The van der Waals surface area contributed by atoms with Gasteiger partial charge in [-0.05, 0) is 56.2 Å². The van der Waals surface area contributed by atoms with Crippen molar-refractivity contribution < 1.29 is 4.74 Å². The Morgan fingerprint density at radius 3 is 3.17 bits per heavy atom. The first-order valence-corrected chi connectivity index (χ1v) is 7.18. The van der Waals surface area contributed by atoms with Crippen molar-refractivity contribution in [2.75, 3.05) is 19.8 Å². The van der Waals surface area contributed by atoms with Crippen molar-refractivity contribution in [3.8, 4) is 0 Å². The molecule has 3 heteroatoms. The number of aromatic nitrogens is 1. The summed E-state index contributed by atoms with van der Waals surface area (Å²) in [5, 5.41) is 3.60. The Bertz CT molecular complexity index is 390. The number of ether oxygens (including phenoxy) is 1. The fourth-order valence-electron chi connectivity index (χ4n) is 2.60. The van der Waals surface area contributed by atoms with Gasteiger partial charge in [-0.3, -0.25) is 4.98 Å². The molecule has 0 amide bonds. The van der Waals surface area contributed by atoms with Crippen LogP contribution in [0.5, 0.6) is 0 Å². The maximum absolute atomic E-state index is 5.64. The fraction of sp³-hybridized carbons (Fsp3) is 0.667. The van der Waals surface area contributed by atoms with Crippen LogP contribution < -0.4 is 5.32 Å². The zero-order valence-corrected chi connectivity index (χ0v) is 10.9. The summed E-state index contributed by atoms with van der Waals surface area (Å²) in [5.74, 6) is 0.879. The van der Waals surface area contributed by atoms with E-state index in [1.807, 2.05) is 12.3 Å². The van der Waals surface area contributed by atoms with Crippen LogP contribution in [0.15, 0.2) is 18.3 Å². The molecule has 0 saturated heterocycles. The van der Waals surface area contributed by atoms with E-state index in [-0.39, 0.29) is 0 Å². The predicted octanol–water partition coefficient (Wildman–Crippen LogP) is 2.48. The Hall–Kier alpha value is -0.930. The molecular weight excluding hydrogens is 224 g/mol. The van der Waals surface area contributed by atoms with E-state index >= 15 is 0 Å². The van der Waals surface area contributed by atoms with E-state index in [4.69, 9.17) is 4.74 Å². The highest BCUT2D eigenvalue weighted by Gasteiger charge is 2.23. The fourth-order valence-corrected chi connectivity index (χ4v) is 2.60. The lowest BCUT2D eigenvalue weighted by atomic mass is 10.2. The summed E-state index contributed by atoms with van der Waals surface area (Å²) >= 11 is 0. The minimum Gasteiger partial charge on any atom is -0.381 e. The standard InChI is InChI=1S/C15H22N2O/c1-3-13-6-7-14(15(13)17-8-1)16-9-2-10-18-11-12-4-5-12/h1,3,8,12,14,16H,2,4-7,9-11H2. The molecule has 1 saturated carbocycles. The Morgan fingerprint density at radius 2 is 2.28 bits per heavy atom. The molecule has 1 heterocycles. The molecule has 1 aromatic rings. The average molecular weight is 246 g/mol. The molecule has 3 nitrogen and oxygen atoms in total. The first kappa shape index (κ1) is 12.1. The summed E-state index contributed by atoms with van der Waals surface area (Å²) < 4.78 is 5.64. The Balaban J connectivity index is 1.34. The van der Waals surface area contributed by atoms with Crippen molar-refractivity contribution in [1.82, 2.24) is 10.3 Å². The third-order valence-electron chi connectivity index (χ3n) is 3.87. The normalized spacial score (nSPS) is 22.1. The number of aryl methyl sites for hydroxylation is 1. The second-order valence-corrected chi connectivity index (χ2v) is 5.46. The lowest BCUT2D eigenvalue weighted by molar-refractivity contribution is 0.121. The second-order valence-electron chi connectivity index (χ2n) is 5.46. The van der Waals surface area contributed by atoms with Crippen LogP contribution in [-0.4, -0.2) is 24.7 Å². The number of hydrogen-bond donors (Lipinski definition) is 1. The van der Waals surface area contributed by atoms with Gasteiger partial charge in [0.15, 0.2) is 0 Å². The highest BCUT2D eigenvalue weighted by molar-refractivity contribution is 5.27. The molecule has 1 N–H and O–H groups in total. The van der Waals surface area contributed by atoms with Gasteiger partial charge in [-0.25, -0.2) is 0 Å². The number of nitrogens with one attached hydrogen (secondary N) is 1. The van der Waals surface area contributed by atoms with Gasteiger partial charge in [0.25, 0.3) is 0 Å². The summed E-state index contributed by atoms with van der Waals surface area (Å²) in [4.78, 5) is 4.49. The van der Waals surface area contributed by atoms with Gasteiger partial charge < -0.3 is 10.1 Å². The molecular formula is C15H22N2O. The highest BCUT2D eigenvalue weighted by Crippen LogP contribution is 2.29. The maximum Gasteiger partial charge on any atom is 0.0605 e. The van der Waals surface area contributed by atoms with Crippen molar-refractivity contribution in [3.63, 3.8) is 0 Å². The van der Waals surface area contributed by atoms with Crippen LogP contribution in [0.4, 0.5) is 0 Å². The summed E-state index contributed by atoms with van der Waals surface area (Å²) in [6, 6.07) is 4.69. The third kappa shape index (κ3) is 3.09.